The molecule has 4 heteroatoms. The summed E-state index contributed by atoms with van der Waals surface area (Å²) in [6, 6.07) is 2.40. The van der Waals surface area contributed by atoms with Crippen molar-refractivity contribution in [1.82, 2.24) is 9.88 Å². The maximum atomic E-state index is 13.3. The van der Waals surface area contributed by atoms with Crippen molar-refractivity contribution >= 4 is 0 Å². The Morgan fingerprint density at radius 3 is 2.56 bits per heavy atom. The predicted octanol–water partition coefficient (Wildman–Crippen LogP) is 3.35. The van der Waals surface area contributed by atoms with Gasteiger partial charge in [0.1, 0.15) is 0 Å². The fourth-order valence-electron chi connectivity index (χ4n) is 3.37. The largest absolute Gasteiger partial charge is 0.354 e. The number of aryl methyl sites for hydroxylation is 1. The van der Waals surface area contributed by atoms with Crippen molar-refractivity contribution in [2.75, 3.05) is 6.54 Å². The summed E-state index contributed by atoms with van der Waals surface area (Å²) in [5.74, 6) is -2.43. The Morgan fingerprint density at radius 2 is 2.06 bits per heavy atom. The van der Waals surface area contributed by atoms with E-state index in [1.807, 2.05) is 0 Å². The van der Waals surface area contributed by atoms with Crippen LogP contribution in [0.5, 0.6) is 0 Å². The van der Waals surface area contributed by atoms with Crippen LogP contribution in [-0.2, 0) is 6.54 Å². The van der Waals surface area contributed by atoms with E-state index in [4.69, 9.17) is 0 Å². The van der Waals surface area contributed by atoms with Crippen molar-refractivity contribution in [2.45, 2.75) is 51.1 Å². The predicted molar refractivity (Wildman–Crippen MR) is 66.7 cm³/mol. The number of rotatable bonds is 2. The fraction of sp³-hybridized carbons (Fsp3) is 0.714. The first-order chi connectivity index (χ1) is 8.55. The summed E-state index contributed by atoms with van der Waals surface area (Å²) >= 11 is 0. The molecular formula is C14H20F2N2. The Labute approximate surface area is 106 Å². The lowest BCUT2D eigenvalue weighted by Gasteiger charge is -2.54. The van der Waals surface area contributed by atoms with Gasteiger partial charge < -0.3 is 9.88 Å². The van der Waals surface area contributed by atoms with Crippen molar-refractivity contribution in [3.05, 3.63) is 24.0 Å². The molecule has 0 unspecified atom stereocenters. The average Bonchev–Trinajstić information content (AvgIpc) is 2.76. The van der Waals surface area contributed by atoms with E-state index in [0.29, 0.717) is 12.8 Å². The van der Waals surface area contributed by atoms with Crippen LogP contribution in [0, 0.1) is 5.41 Å². The second kappa shape index (κ2) is 4.05. The Balaban J connectivity index is 1.75. The van der Waals surface area contributed by atoms with E-state index in [1.54, 1.807) is 0 Å². The summed E-state index contributed by atoms with van der Waals surface area (Å²) in [5, 5.41) is 3.43. The van der Waals surface area contributed by atoms with E-state index in [9.17, 15) is 8.78 Å². The minimum atomic E-state index is -2.43. The highest BCUT2D eigenvalue weighted by Crippen LogP contribution is 2.54. The highest BCUT2D eigenvalue weighted by molar-refractivity contribution is 5.24. The molecule has 2 fully saturated rings. The molecule has 1 aromatic rings. The molecule has 1 N–H and O–H groups in total. The first-order valence-electron chi connectivity index (χ1n) is 6.82. The first kappa shape index (κ1) is 12.2. The van der Waals surface area contributed by atoms with Gasteiger partial charge in [0.15, 0.2) is 0 Å². The summed E-state index contributed by atoms with van der Waals surface area (Å²) in [7, 11) is 0. The standard InChI is InChI=1S/C14H20F2N2/c1-2-18-8-3-11(9-18)12-13(10-17-12)4-6-14(15,16)7-5-13/h3,8-9,12,17H,2,4-7,10H2,1H3/t12-/m1/s1. The second-order valence-electron chi connectivity index (χ2n) is 5.81. The Hall–Kier alpha value is -0.900. The molecule has 18 heavy (non-hydrogen) atoms. The number of nitrogens with zero attached hydrogens (tertiary/aromatic N) is 1. The molecule has 100 valence electrons. The lowest BCUT2D eigenvalue weighted by Crippen LogP contribution is -2.58. The molecule has 3 rings (SSSR count). The molecule has 1 aliphatic heterocycles. The zero-order valence-electron chi connectivity index (χ0n) is 10.8. The molecule has 1 saturated carbocycles. The Kier molecular flexibility index (Phi) is 2.73. The van der Waals surface area contributed by atoms with Gasteiger partial charge in [-0.25, -0.2) is 8.78 Å². The normalized spacial score (nSPS) is 29.2. The van der Waals surface area contributed by atoms with Crippen LogP contribution < -0.4 is 5.32 Å². The molecule has 1 aliphatic carbocycles. The topological polar surface area (TPSA) is 17.0 Å². The molecule has 0 amide bonds. The third-order valence-electron chi connectivity index (χ3n) is 4.72. The van der Waals surface area contributed by atoms with Gasteiger partial charge in [-0.05, 0) is 31.4 Å². The Bertz CT molecular complexity index is 429. The van der Waals surface area contributed by atoms with Crippen LogP contribution in [0.25, 0.3) is 0 Å². The van der Waals surface area contributed by atoms with E-state index in [1.165, 1.54) is 5.56 Å². The number of alkyl halides is 2. The number of aromatic nitrogens is 1. The van der Waals surface area contributed by atoms with Crippen LogP contribution in [0.4, 0.5) is 8.78 Å². The van der Waals surface area contributed by atoms with Crippen LogP contribution in [0.2, 0.25) is 0 Å². The zero-order chi connectivity index (χ0) is 12.8. The van der Waals surface area contributed by atoms with Gasteiger partial charge in [-0.3, -0.25) is 0 Å². The van der Waals surface area contributed by atoms with Crippen LogP contribution in [0.3, 0.4) is 0 Å². The maximum absolute atomic E-state index is 13.3. The molecule has 2 nitrogen and oxygen atoms in total. The van der Waals surface area contributed by atoms with Crippen LogP contribution in [-0.4, -0.2) is 17.0 Å². The average molecular weight is 254 g/mol. The summed E-state index contributed by atoms with van der Waals surface area (Å²) in [4.78, 5) is 0. The molecule has 0 aromatic carbocycles. The minimum absolute atomic E-state index is 0.0552. The van der Waals surface area contributed by atoms with E-state index in [2.05, 4.69) is 35.3 Å². The van der Waals surface area contributed by atoms with E-state index in [0.717, 1.165) is 13.1 Å². The molecular weight excluding hydrogens is 234 g/mol. The van der Waals surface area contributed by atoms with Gasteiger partial charge in [-0.15, -0.1) is 0 Å². The maximum Gasteiger partial charge on any atom is 0.248 e. The summed E-state index contributed by atoms with van der Waals surface area (Å²) in [6.45, 7) is 3.96. The quantitative estimate of drug-likeness (QED) is 0.856. The van der Waals surface area contributed by atoms with Gasteiger partial charge in [0.2, 0.25) is 5.92 Å². The zero-order valence-corrected chi connectivity index (χ0v) is 10.8. The van der Waals surface area contributed by atoms with Crippen molar-refractivity contribution in [1.29, 1.82) is 0 Å². The highest BCUT2D eigenvalue weighted by atomic mass is 19.3. The van der Waals surface area contributed by atoms with Gasteiger partial charge in [0.05, 0.1) is 0 Å². The van der Waals surface area contributed by atoms with Crippen LogP contribution >= 0.6 is 0 Å². The number of hydrogen-bond acceptors (Lipinski definition) is 1. The van der Waals surface area contributed by atoms with Crippen molar-refractivity contribution in [3.8, 4) is 0 Å². The molecule has 2 aliphatic rings. The van der Waals surface area contributed by atoms with Crippen LogP contribution in [0.1, 0.15) is 44.2 Å². The fourth-order valence-corrected chi connectivity index (χ4v) is 3.37. The number of nitrogens with one attached hydrogen (secondary N) is 1. The van der Waals surface area contributed by atoms with Crippen LogP contribution in [0.15, 0.2) is 18.5 Å². The molecule has 1 atom stereocenters. The SMILES string of the molecule is CCn1ccc([C@H]2NCC23CCC(F)(F)CC3)c1. The molecule has 1 aromatic heterocycles. The van der Waals surface area contributed by atoms with Crippen molar-refractivity contribution < 1.29 is 8.78 Å². The third-order valence-corrected chi connectivity index (χ3v) is 4.72. The van der Waals surface area contributed by atoms with E-state index in [-0.39, 0.29) is 24.3 Å². The lowest BCUT2D eigenvalue weighted by atomic mass is 9.62. The highest BCUT2D eigenvalue weighted by Gasteiger charge is 2.52. The number of hydrogen-bond donors (Lipinski definition) is 1. The lowest BCUT2D eigenvalue weighted by molar-refractivity contribution is -0.0955. The molecule has 1 spiro atoms. The van der Waals surface area contributed by atoms with Crippen molar-refractivity contribution in [3.63, 3.8) is 0 Å². The van der Waals surface area contributed by atoms with Gasteiger partial charge in [0, 0.05) is 49.8 Å². The van der Waals surface area contributed by atoms with Gasteiger partial charge >= 0.3 is 0 Å². The monoisotopic (exact) mass is 254 g/mol. The van der Waals surface area contributed by atoms with Gasteiger partial charge in [-0.1, -0.05) is 0 Å². The van der Waals surface area contributed by atoms with Gasteiger partial charge in [0.25, 0.3) is 0 Å². The van der Waals surface area contributed by atoms with Gasteiger partial charge in [-0.2, -0.15) is 0 Å². The molecule has 0 radical (unpaired) electrons. The summed E-state index contributed by atoms with van der Waals surface area (Å²) in [5.41, 5.74) is 1.34. The third kappa shape index (κ3) is 1.87. The molecule has 1 saturated heterocycles. The van der Waals surface area contributed by atoms with Crippen molar-refractivity contribution in [2.24, 2.45) is 5.41 Å². The summed E-state index contributed by atoms with van der Waals surface area (Å²) in [6.07, 6.45) is 5.62. The first-order valence-corrected chi connectivity index (χ1v) is 6.82. The molecule has 2 heterocycles. The van der Waals surface area contributed by atoms with E-state index >= 15 is 0 Å². The number of halogens is 2. The second-order valence-corrected chi connectivity index (χ2v) is 5.81. The minimum Gasteiger partial charge on any atom is -0.354 e. The Morgan fingerprint density at radius 1 is 1.33 bits per heavy atom. The smallest absolute Gasteiger partial charge is 0.248 e. The molecule has 0 bridgehead atoms. The van der Waals surface area contributed by atoms with E-state index < -0.39 is 5.92 Å². The summed E-state index contributed by atoms with van der Waals surface area (Å²) < 4.78 is 28.7.